The first-order chi connectivity index (χ1) is 19.0. The molecular formula is C30H45Cl2NO6. The van der Waals surface area contributed by atoms with Crippen LogP contribution in [0.5, 0.6) is 5.75 Å². The molecule has 0 spiro atoms. The molecule has 2 aromatic carbocycles. The second kappa shape index (κ2) is 21.3. The number of ether oxygens (including phenoxy) is 3. The fourth-order valence-corrected chi connectivity index (χ4v) is 4.54. The third kappa shape index (κ3) is 14.7. The third-order valence-electron chi connectivity index (χ3n) is 6.40. The lowest BCUT2D eigenvalue weighted by molar-refractivity contribution is 0.0391. The van der Waals surface area contributed by atoms with Gasteiger partial charge in [0.05, 0.1) is 32.5 Å². The Balaban J connectivity index is 1.29. The van der Waals surface area contributed by atoms with Gasteiger partial charge in [0.1, 0.15) is 5.75 Å². The van der Waals surface area contributed by atoms with E-state index in [-0.39, 0.29) is 12.4 Å². The first kappa shape index (κ1) is 33.8. The number of aliphatic hydroxyl groups excluding tert-OH is 2. The van der Waals surface area contributed by atoms with Crippen molar-refractivity contribution in [2.24, 2.45) is 0 Å². The molecule has 4 N–H and O–H groups in total. The molecule has 7 nitrogen and oxygen atoms in total. The van der Waals surface area contributed by atoms with Crippen molar-refractivity contribution in [1.82, 2.24) is 5.32 Å². The fourth-order valence-electron chi connectivity index (χ4n) is 4.03. The lowest BCUT2D eigenvalue weighted by Gasteiger charge is -2.14. The summed E-state index contributed by atoms with van der Waals surface area (Å²) in [6, 6.07) is 10.3. The second-order valence-electron chi connectivity index (χ2n) is 9.57. The minimum atomic E-state index is -0.664. The van der Waals surface area contributed by atoms with E-state index in [9.17, 15) is 15.3 Å². The van der Waals surface area contributed by atoms with E-state index in [1.165, 1.54) is 6.07 Å². The van der Waals surface area contributed by atoms with Crippen LogP contribution in [-0.2, 0) is 27.4 Å². The van der Waals surface area contributed by atoms with Crippen LogP contribution in [0.25, 0.3) is 0 Å². The number of unbranched alkanes of at least 4 members (excludes halogenated alkanes) is 6. The molecule has 0 aliphatic rings. The van der Waals surface area contributed by atoms with Crippen molar-refractivity contribution in [2.45, 2.75) is 70.7 Å². The van der Waals surface area contributed by atoms with Crippen LogP contribution in [0, 0.1) is 0 Å². The van der Waals surface area contributed by atoms with Gasteiger partial charge in [-0.15, -0.1) is 0 Å². The highest BCUT2D eigenvalue weighted by atomic mass is 35.5. The molecule has 0 heterocycles. The van der Waals surface area contributed by atoms with Crippen molar-refractivity contribution < 1.29 is 29.5 Å². The first-order valence-electron chi connectivity index (χ1n) is 14.0. The molecule has 0 unspecified atom stereocenters. The molecule has 0 amide bonds. The minimum absolute atomic E-state index is 0.0442. The molecule has 0 aliphatic carbocycles. The number of nitrogens with one attached hydrogen (secondary N) is 1. The maximum Gasteiger partial charge on any atom is 0.121 e. The highest BCUT2D eigenvalue weighted by Gasteiger charge is 2.10. The largest absolute Gasteiger partial charge is 0.508 e. The van der Waals surface area contributed by atoms with Gasteiger partial charge in [-0.05, 0) is 62.1 Å². The SMILES string of the molecule is OCc1cc([C@@H](O)CNCCCCCCOCCCCCCOCCOCc2c(Cl)cccc2Cl)ccc1O. The Kier molecular flexibility index (Phi) is 18.5. The van der Waals surface area contributed by atoms with Gasteiger partial charge >= 0.3 is 0 Å². The van der Waals surface area contributed by atoms with Crippen molar-refractivity contribution >= 4 is 23.2 Å². The van der Waals surface area contributed by atoms with Crippen LogP contribution in [0.4, 0.5) is 0 Å². The average Bonchev–Trinajstić information content (AvgIpc) is 2.93. The zero-order chi connectivity index (χ0) is 28.1. The van der Waals surface area contributed by atoms with Crippen LogP contribution in [0.2, 0.25) is 10.0 Å². The van der Waals surface area contributed by atoms with E-state index in [0.29, 0.717) is 47.5 Å². The minimum Gasteiger partial charge on any atom is -0.508 e. The van der Waals surface area contributed by atoms with Crippen molar-refractivity contribution in [3.63, 3.8) is 0 Å². The van der Waals surface area contributed by atoms with Crippen LogP contribution < -0.4 is 5.32 Å². The van der Waals surface area contributed by atoms with E-state index in [0.717, 1.165) is 83.3 Å². The Bertz CT molecular complexity index is 897. The summed E-state index contributed by atoms with van der Waals surface area (Å²) in [6.07, 6.45) is 8.11. The van der Waals surface area contributed by atoms with Gasteiger partial charge < -0.3 is 34.8 Å². The molecule has 0 saturated heterocycles. The van der Waals surface area contributed by atoms with Gasteiger partial charge in [0.25, 0.3) is 0 Å². The average molecular weight is 587 g/mol. The zero-order valence-corrected chi connectivity index (χ0v) is 24.4. The molecule has 2 aromatic rings. The molecule has 0 radical (unpaired) electrons. The zero-order valence-electron chi connectivity index (χ0n) is 22.9. The van der Waals surface area contributed by atoms with Crippen LogP contribution in [0.15, 0.2) is 36.4 Å². The maximum absolute atomic E-state index is 10.3. The summed E-state index contributed by atoms with van der Waals surface area (Å²) in [6.45, 7) is 4.87. The smallest absolute Gasteiger partial charge is 0.121 e. The lowest BCUT2D eigenvalue weighted by atomic mass is 10.1. The number of benzene rings is 2. The summed E-state index contributed by atoms with van der Waals surface area (Å²) in [5.41, 5.74) is 1.93. The normalized spacial score (nSPS) is 12.2. The number of phenols is 1. The highest BCUT2D eigenvalue weighted by molar-refractivity contribution is 6.35. The van der Waals surface area contributed by atoms with E-state index >= 15 is 0 Å². The van der Waals surface area contributed by atoms with Crippen LogP contribution >= 0.6 is 23.2 Å². The second-order valence-corrected chi connectivity index (χ2v) is 10.4. The Labute approximate surface area is 243 Å². The number of aliphatic hydroxyl groups is 2. The van der Waals surface area contributed by atoms with Gasteiger partial charge in [0.15, 0.2) is 0 Å². The van der Waals surface area contributed by atoms with Gasteiger partial charge in [0.2, 0.25) is 0 Å². The Hall–Kier alpha value is -1.42. The quantitative estimate of drug-likeness (QED) is 0.115. The van der Waals surface area contributed by atoms with Gasteiger partial charge in [-0.3, -0.25) is 0 Å². The van der Waals surface area contributed by atoms with Crippen molar-refractivity contribution in [3.05, 3.63) is 63.1 Å². The van der Waals surface area contributed by atoms with Gasteiger partial charge in [-0.2, -0.15) is 0 Å². The van der Waals surface area contributed by atoms with E-state index in [2.05, 4.69) is 5.32 Å². The predicted octanol–water partition coefficient (Wildman–Crippen LogP) is 6.19. The molecule has 1 atom stereocenters. The van der Waals surface area contributed by atoms with Crippen molar-refractivity contribution in [3.8, 4) is 5.75 Å². The van der Waals surface area contributed by atoms with E-state index < -0.39 is 6.10 Å². The van der Waals surface area contributed by atoms with Gasteiger partial charge in [-0.25, -0.2) is 0 Å². The lowest BCUT2D eigenvalue weighted by Crippen LogP contribution is -2.22. The molecule has 9 heteroatoms. The molecule has 0 fully saturated rings. The molecule has 0 aliphatic heterocycles. The maximum atomic E-state index is 10.3. The summed E-state index contributed by atoms with van der Waals surface area (Å²) >= 11 is 12.3. The standard InChI is InChI=1S/C30H45Cl2NO6/c31-27-10-9-11-28(32)26(27)23-39-19-18-38-17-8-4-3-7-16-37-15-6-2-1-5-14-33-21-30(36)24-12-13-29(35)25(20-24)22-34/h9-13,20,30,33-36H,1-8,14-19,21-23H2/t30-/m0/s1. The Morgan fingerprint density at radius 3 is 1.97 bits per heavy atom. The number of rotatable bonds is 23. The van der Waals surface area contributed by atoms with Crippen LogP contribution in [0.1, 0.15) is 74.2 Å². The molecular weight excluding hydrogens is 541 g/mol. The van der Waals surface area contributed by atoms with E-state index in [1.54, 1.807) is 12.1 Å². The molecule has 39 heavy (non-hydrogen) atoms. The summed E-state index contributed by atoms with van der Waals surface area (Å²) in [5.74, 6) is 0.0442. The van der Waals surface area contributed by atoms with Crippen LogP contribution in [-0.4, -0.2) is 61.4 Å². The van der Waals surface area contributed by atoms with Crippen molar-refractivity contribution in [2.75, 3.05) is 46.1 Å². The van der Waals surface area contributed by atoms with E-state index in [4.69, 9.17) is 37.4 Å². The van der Waals surface area contributed by atoms with Crippen molar-refractivity contribution in [1.29, 1.82) is 0 Å². The summed E-state index contributed by atoms with van der Waals surface area (Å²) < 4.78 is 17.0. The third-order valence-corrected chi connectivity index (χ3v) is 7.10. The number of halogens is 2. The van der Waals surface area contributed by atoms with Gasteiger partial charge in [0, 0.05) is 47.5 Å². The van der Waals surface area contributed by atoms with Gasteiger partial charge in [-0.1, -0.05) is 61.0 Å². The summed E-state index contributed by atoms with van der Waals surface area (Å²) in [4.78, 5) is 0. The summed E-state index contributed by atoms with van der Waals surface area (Å²) in [7, 11) is 0. The Morgan fingerprint density at radius 2 is 1.33 bits per heavy atom. The topological polar surface area (TPSA) is 100 Å². The monoisotopic (exact) mass is 585 g/mol. The number of hydrogen-bond acceptors (Lipinski definition) is 7. The first-order valence-corrected chi connectivity index (χ1v) is 14.8. The molecule has 220 valence electrons. The molecule has 0 saturated carbocycles. The highest BCUT2D eigenvalue weighted by Crippen LogP contribution is 2.25. The fraction of sp³-hybridized carbons (Fsp3) is 0.600. The summed E-state index contributed by atoms with van der Waals surface area (Å²) in [5, 5.41) is 33.6. The molecule has 0 aromatic heterocycles. The van der Waals surface area contributed by atoms with E-state index in [1.807, 2.05) is 18.2 Å². The van der Waals surface area contributed by atoms with Crippen LogP contribution in [0.3, 0.4) is 0 Å². The Morgan fingerprint density at radius 1 is 0.744 bits per heavy atom. The molecule has 2 rings (SSSR count). The molecule has 0 bridgehead atoms. The number of aromatic hydroxyl groups is 1. The predicted molar refractivity (Wildman–Crippen MR) is 157 cm³/mol. The number of hydrogen-bond donors (Lipinski definition) is 4.